The normalized spacial score (nSPS) is 11.9. The molecule has 1 heteroatoms. The number of hydrogen-bond acceptors (Lipinski definition) is 1. The zero-order valence-electron chi connectivity index (χ0n) is 16.2. The van der Waals surface area contributed by atoms with E-state index in [-0.39, 0.29) is 5.41 Å². The molecule has 1 rings (SSSR count). The van der Waals surface area contributed by atoms with Crippen LogP contribution in [-0.4, -0.2) is 5.11 Å². The van der Waals surface area contributed by atoms with Crippen molar-refractivity contribution in [1.82, 2.24) is 0 Å². The van der Waals surface area contributed by atoms with Crippen LogP contribution in [0.25, 0.3) is 0 Å². The molecular weight excluding hydrogens is 280 g/mol. The van der Waals surface area contributed by atoms with Crippen molar-refractivity contribution in [3.63, 3.8) is 0 Å². The lowest BCUT2D eigenvalue weighted by Crippen LogP contribution is -2.18. The number of aromatic hydroxyl groups is 1. The van der Waals surface area contributed by atoms with Crippen LogP contribution in [-0.2, 0) is 18.3 Å². The molecule has 0 aromatic heterocycles. The van der Waals surface area contributed by atoms with Gasteiger partial charge in [-0.25, -0.2) is 0 Å². The van der Waals surface area contributed by atoms with Gasteiger partial charge >= 0.3 is 0 Å². The van der Waals surface area contributed by atoms with Gasteiger partial charge in [0.2, 0.25) is 0 Å². The van der Waals surface area contributed by atoms with Crippen molar-refractivity contribution in [2.75, 3.05) is 0 Å². The Hall–Kier alpha value is -0.980. The van der Waals surface area contributed by atoms with E-state index < -0.39 is 0 Å². The van der Waals surface area contributed by atoms with Crippen molar-refractivity contribution in [3.8, 4) is 5.75 Å². The largest absolute Gasteiger partial charge is 0.507 e. The molecule has 23 heavy (non-hydrogen) atoms. The van der Waals surface area contributed by atoms with Gasteiger partial charge in [-0.05, 0) is 48.6 Å². The van der Waals surface area contributed by atoms with Gasteiger partial charge < -0.3 is 5.11 Å². The van der Waals surface area contributed by atoms with Gasteiger partial charge in [-0.15, -0.1) is 0 Å². The fourth-order valence-corrected chi connectivity index (χ4v) is 3.49. The van der Waals surface area contributed by atoms with E-state index in [9.17, 15) is 5.11 Å². The summed E-state index contributed by atoms with van der Waals surface area (Å²) in [6.07, 6.45) is 11.9. The molecule has 0 spiro atoms. The lowest BCUT2D eigenvalue weighted by Gasteiger charge is -2.27. The maximum absolute atomic E-state index is 10.8. The molecule has 0 aliphatic rings. The topological polar surface area (TPSA) is 20.2 Å². The van der Waals surface area contributed by atoms with Crippen molar-refractivity contribution in [2.45, 2.75) is 104 Å². The van der Waals surface area contributed by atoms with Crippen LogP contribution in [0.2, 0.25) is 0 Å². The molecule has 0 heterocycles. The summed E-state index contributed by atoms with van der Waals surface area (Å²) in [4.78, 5) is 0. The third-order valence-corrected chi connectivity index (χ3v) is 4.97. The number of aryl methyl sites for hydroxylation is 2. The van der Waals surface area contributed by atoms with Crippen molar-refractivity contribution in [2.24, 2.45) is 0 Å². The molecule has 1 N–H and O–H groups in total. The highest BCUT2D eigenvalue weighted by molar-refractivity contribution is 5.47. The Morgan fingerprint density at radius 3 is 2.13 bits per heavy atom. The van der Waals surface area contributed by atoms with E-state index in [1.54, 1.807) is 0 Å². The van der Waals surface area contributed by atoms with Crippen molar-refractivity contribution in [3.05, 3.63) is 28.8 Å². The van der Waals surface area contributed by atoms with Crippen molar-refractivity contribution < 1.29 is 5.11 Å². The second-order valence-electron chi connectivity index (χ2n) is 7.70. The molecule has 0 unspecified atom stereocenters. The molecule has 0 atom stereocenters. The summed E-state index contributed by atoms with van der Waals surface area (Å²) in [6, 6.07) is 4.55. The molecular formula is C22H38O. The number of benzene rings is 1. The SMILES string of the molecule is CCCCCCc1cc(CCCC)c(O)c(C(C)(C)CCC)c1. The highest BCUT2D eigenvalue weighted by Crippen LogP contribution is 2.38. The minimum atomic E-state index is 0.0548. The number of phenolic OH excluding ortho intramolecular Hbond substituents is 1. The molecule has 0 amide bonds. The first-order valence-electron chi connectivity index (χ1n) is 9.81. The van der Waals surface area contributed by atoms with Crippen LogP contribution >= 0.6 is 0 Å². The predicted molar refractivity (Wildman–Crippen MR) is 102 cm³/mol. The maximum Gasteiger partial charge on any atom is 0.122 e. The molecule has 0 aliphatic heterocycles. The number of hydrogen-bond donors (Lipinski definition) is 1. The second kappa shape index (κ2) is 10.0. The number of unbranched alkanes of at least 4 members (excludes halogenated alkanes) is 4. The quantitative estimate of drug-likeness (QED) is 0.438. The monoisotopic (exact) mass is 318 g/mol. The van der Waals surface area contributed by atoms with Gasteiger partial charge in [-0.1, -0.05) is 78.9 Å². The van der Waals surface area contributed by atoms with E-state index >= 15 is 0 Å². The zero-order valence-corrected chi connectivity index (χ0v) is 16.2. The van der Waals surface area contributed by atoms with Crippen molar-refractivity contribution >= 4 is 0 Å². The highest BCUT2D eigenvalue weighted by atomic mass is 16.3. The molecule has 0 saturated heterocycles. The molecule has 0 radical (unpaired) electrons. The van der Waals surface area contributed by atoms with Gasteiger partial charge in [0.15, 0.2) is 0 Å². The zero-order chi connectivity index (χ0) is 17.3. The Kier molecular flexibility index (Phi) is 8.73. The van der Waals surface area contributed by atoms with Crippen LogP contribution in [0.4, 0.5) is 0 Å². The summed E-state index contributed by atoms with van der Waals surface area (Å²) >= 11 is 0. The first kappa shape index (κ1) is 20.1. The fourth-order valence-electron chi connectivity index (χ4n) is 3.49. The first-order chi connectivity index (χ1) is 11.0. The van der Waals surface area contributed by atoms with Crippen LogP contribution < -0.4 is 0 Å². The Morgan fingerprint density at radius 2 is 1.52 bits per heavy atom. The molecule has 0 bridgehead atoms. The third-order valence-electron chi connectivity index (χ3n) is 4.97. The van der Waals surface area contributed by atoms with Gasteiger partial charge in [-0.2, -0.15) is 0 Å². The first-order valence-corrected chi connectivity index (χ1v) is 9.81. The van der Waals surface area contributed by atoms with Crippen LogP contribution in [0.3, 0.4) is 0 Å². The highest BCUT2D eigenvalue weighted by Gasteiger charge is 2.25. The summed E-state index contributed by atoms with van der Waals surface area (Å²) in [7, 11) is 0. The molecule has 0 aliphatic carbocycles. The van der Waals surface area contributed by atoms with E-state index in [4.69, 9.17) is 0 Å². The smallest absolute Gasteiger partial charge is 0.122 e. The molecule has 1 aromatic rings. The lowest BCUT2D eigenvalue weighted by atomic mass is 9.78. The van der Waals surface area contributed by atoms with Crippen LogP contribution in [0.1, 0.15) is 103 Å². The lowest BCUT2D eigenvalue weighted by molar-refractivity contribution is 0.412. The molecule has 1 aromatic carbocycles. The van der Waals surface area contributed by atoms with E-state index in [2.05, 4.69) is 46.8 Å². The standard InChI is InChI=1S/C22H38O/c1-6-9-11-12-13-18-16-19(14-10-7-2)21(23)20(17-18)22(4,5)15-8-3/h16-17,23H,6-15H2,1-5H3. The van der Waals surface area contributed by atoms with Crippen LogP contribution in [0, 0.1) is 0 Å². The predicted octanol–water partition coefficient (Wildman–Crippen LogP) is 6.94. The summed E-state index contributed by atoms with van der Waals surface area (Å²) < 4.78 is 0. The van der Waals surface area contributed by atoms with Gasteiger partial charge in [0.1, 0.15) is 5.75 Å². The van der Waals surface area contributed by atoms with Crippen LogP contribution in [0.15, 0.2) is 12.1 Å². The Morgan fingerprint density at radius 1 is 0.826 bits per heavy atom. The van der Waals surface area contributed by atoms with Gasteiger partial charge in [0.25, 0.3) is 0 Å². The summed E-state index contributed by atoms with van der Waals surface area (Å²) in [5.41, 5.74) is 3.81. The van der Waals surface area contributed by atoms with Gasteiger partial charge in [-0.3, -0.25) is 0 Å². The Balaban J connectivity index is 3.05. The minimum Gasteiger partial charge on any atom is -0.507 e. The van der Waals surface area contributed by atoms with Crippen LogP contribution in [0.5, 0.6) is 5.75 Å². The van der Waals surface area contributed by atoms with E-state index in [0.717, 1.165) is 32.1 Å². The summed E-state index contributed by atoms with van der Waals surface area (Å²) in [6.45, 7) is 11.2. The second-order valence-corrected chi connectivity index (χ2v) is 7.70. The Labute approximate surface area is 144 Å². The number of rotatable bonds is 11. The van der Waals surface area contributed by atoms with Gasteiger partial charge in [0, 0.05) is 5.56 Å². The van der Waals surface area contributed by atoms with E-state index in [1.807, 2.05) is 0 Å². The van der Waals surface area contributed by atoms with E-state index in [0.29, 0.717) is 5.75 Å². The van der Waals surface area contributed by atoms with Gasteiger partial charge in [0.05, 0.1) is 0 Å². The average molecular weight is 319 g/mol. The average Bonchev–Trinajstić information content (AvgIpc) is 2.51. The molecule has 0 saturated carbocycles. The summed E-state index contributed by atoms with van der Waals surface area (Å²) in [5.74, 6) is 0.564. The molecule has 0 fully saturated rings. The molecule has 1 nitrogen and oxygen atoms in total. The fraction of sp³-hybridized carbons (Fsp3) is 0.727. The van der Waals surface area contributed by atoms with E-state index in [1.165, 1.54) is 48.8 Å². The minimum absolute atomic E-state index is 0.0548. The molecule has 132 valence electrons. The Bertz CT molecular complexity index is 459. The maximum atomic E-state index is 10.8. The summed E-state index contributed by atoms with van der Waals surface area (Å²) in [5, 5.41) is 10.8. The third kappa shape index (κ3) is 6.20. The number of phenols is 1. The van der Waals surface area contributed by atoms with Crippen molar-refractivity contribution in [1.29, 1.82) is 0 Å².